The molecule has 0 amide bonds. The van der Waals surface area contributed by atoms with Gasteiger partial charge in [0.05, 0.1) is 28.7 Å². The van der Waals surface area contributed by atoms with Gasteiger partial charge >= 0.3 is 5.88 Å². The monoisotopic (exact) mass is 396 g/mol. The SMILES string of the molecule is Cc1csc(=Nc2ccc(Cl)cc2Cl)n1N=Cc1ccc([N+](=O)[O-])o1. The zero-order valence-electron chi connectivity index (χ0n) is 12.7. The highest BCUT2D eigenvalue weighted by Crippen LogP contribution is 2.27. The summed E-state index contributed by atoms with van der Waals surface area (Å²) in [6.07, 6.45) is 1.38. The van der Waals surface area contributed by atoms with Gasteiger partial charge < -0.3 is 4.42 Å². The number of benzene rings is 1. The van der Waals surface area contributed by atoms with Gasteiger partial charge in [-0.25, -0.2) is 9.67 Å². The summed E-state index contributed by atoms with van der Waals surface area (Å²) >= 11 is 13.4. The van der Waals surface area contributed by atoms with E-state index >= 15 is 0 Å². The maximum Gasteiger partial charge on any atom is 0.433 e. The first-order chi connectivity index (χ1) is 11.9. The van der Waals surface area contributed by atoms with Gasteiger partial charge in [0.1, 0.15) is 4.92 Å². The first-order valence-electron chi connectivity index (χ1n) is 6.89. The minimum absolute atomic E-state index is 0.264. The molecule has 0 atom stereocenters. The van der Waals surface area contributed by atoms with Gasteiger partial charge in [-0.15, -0.1) is 11.3 Å². The minimum Gasteiger partial charge on any atom is -0.400 e. The van der Waals surface area contributed by atoms with Crippen LogP contribution in [0.5, 0.6) is 0 Å². The quantitative estimate of drug-likeness (QED) is 0.361. The molecule has 0 saturated carbocycles. The highest BCUT2D eigenvalue weighted by molar-refractivity contribution is 7.07. The molecule has 0 fully saturated rings. The van der Waals surface area contributed by atoms with Crippen LogP contribution in [0.4, 0.5) is 11.6 Å². The molecule has 0 spiro atoms. The van der Waals surface area contributed by atoms with Crippen LogP contribution in [0, 0.1) is 17.0 Å². The molecule has 0 radical (unpaired) electrons. The largest absolute Gasteiger partial charge is 0.433 e. The maximum atomic E-state index is 10.6. The van der Waals surface area contributed by atoms with Gasteiger partial charge in [-0.3, -0.25) is 10.1 Å². The predicted octanol–water partition coefficient (Wildman–Crippen LogP) is 4.78. The van der Waals surface area contributed by atoms with Crippen molar-refractivity contribution in [1.82, 2.24) is 4.68 Å². The van der Waals surface area contributed by atoms with Crippen molar-refractivity contribution >= 4 is 52.3 Å². The molecular weight excluding hydrogens is 387 g/mol. The highest BCUT2D eigenvalue weighted by Gasteiger charge is 2.10. The number of hydrogen-bond acceptors (Lipinski definition) is 6. The van der Waals surface area contributed by atoms with E-state index in [0.717, 1.165) is 5.69 Å². The molecule has 0 aliphatic carbocycles. The van der Waals surface area contributed by atoms with Crippen LogP contribution in [0.25, 0.3) is 0 Å². The Balaban J connectivity index is 1.97. The van der Waals surface area contributed by atoms with E-state index in [9.17, 15) is 10.1 Å². The van der Waals surface area contributed by atoms with Gasteiger partial charge in [0.2, 0.25) is 4.80 Å². The van der Waals surface area contributed by atoms with Crippen molar-refractivity contribution in [3.05, 3.63) is 72.1 Å². The zero-order chi connectivity index (χ0) is 18.0. The summed E-state index contributed by atoms with van der Waals surface area (Å²) in [4.78, 5) is 15.1. The first-order valence-corrected chi connectivity index (χ1v) is 8.53. The normalized spacial score (nSPS) is 12.2. The topological polar surface area (TPSA) is 85.9 Å². The second-order valence-electron chi connectivity index (χ2n) is 4.86. The molecule has 0 N–H and O–H groups in total. The fraction of sp³-hybridized carbons (Fsp3) is 0.0667. The standard InChI is InChI=1S/C15H10Cl2N4O3S/c1-9-8-25-15(19-13-4-2-10(16)6-12(13)17)20(9)18-7-11-3-5-14(24-11)21(22)23/h2-8H,1H3. The van der Waals surface area contributed by atoms with E-state index in [1.807, 2.05) is 12.3 Å². The first kappa shape index (κ1) is 17.4. The summed E-state index contributed by atoms with van der Waals surface area (Å²) in [5.74, 6) is -0.0772. The molecule has 3 rings (SSSR count). The van der Waals surface area contributed by atoms with E-state index in [2.05, 4.69) is 10.1 Å². The van der Waals surface area contributed by atoms with E-state index in [1.165, 1.54) is 29.7 Å². The third kappa shape index (κ3) is 3.98. The van der Waals surface area contributed by atoms with Crippen molar-refractivity contribution < 1.29 is 9.34 Å². The number of aryl methyl sites for hydroxylation is 1. The number of nitrogens with zero attached hydrogens (tertiary/aromatic N) is 4. The number of furan rings is 1. The van der Waals surface area contributed by atoms with Crippen LogP contribution < -0.4 is 4.80 Å². The predicted molar refractivity (Wildman–Crippen MR) is 97.1 cm³/mol. The molecular formula is C15H10Cl2N4O3S. The minimum atomic E-state index is -0.608. The van der Waals surface area contributed by atoms with E-state index < -0.39 is 4.92 Å². The van der Waals surface area contributed by atoms with Gasteiger partial charge in [0, 0.05) is 10.4 Å². The third-order valence-electron chi connectivity index (χ3n) is 3.07. The summed E-state index contributed by atoms with van der Waals surface area (Å²) < 4.78 is 6.64. The summed E-state index contributed by atoms with van der Waals surface area (Å²) in [5.41, 5.74) is 1.40. The summed E-state index contributed by atoms with van der Waals surface area (Å²) in [7, 11) is 0. The van der Waals surface area contributed by atoms with Crippen LogP contribution in [-0.2, 0) is 0 Å². The molecule has 2 aromatic heterocycles. The Hall–Kier alpha value is -2.42. The van der Waals surface area contributed by atoms with Crippen LogP contribution in [-0.4, -0.2) is 15.8 Å². The molecule has 3 aromatic rings. The summed E-state index contributed by atoms with van der Waals surface area (Å²) in [5, 5.41) is 17.7. The Kier molecular flexibility index (Phi) is 5.03. The smallest absolute Gasteiger partial charge is 0.400 e. The number of halogens is 2. The maximum absolute atomic E-state index is 10.6. The Bertz CT molecular complexity index is 1040. The van der Waals surface area contributed by atoms with Crippen LogP contribution in [0.2, 0.25) is 10.0 Å². The van der Waals surface area contributed by atoms with Gasteiger partial charge in [-0.1, -0.05) is 23.2 Å². The van der Waals surface area contributed by atoms with Crippen LogP contribution in [0.3, 0.4) is 0 Å². The molecule has 0 aliphatic rings. The second-order valence-corrected chi connectivity index (χ2v) is 6.54. The van der Waals surface area contributed by atoms with Gasteiger partial charge in [0.25, 0.3) is 0 Å². The number of nitro groups is 1. The molecule has 128 valence electrons. The van der Waals surface area contributed by atoms with Crippen molar-refractivity contribution in [2.75, 3.05) is 0 Å². The van der Waals surface area contributed by atoms with Crippen molar-refractivity contribution in [3.8, 4) is 0 Å². The molecule has 0 bridgehead atoms. The van der Waals surface area contributed by atoms with Crippen molar-refractivity contribution in [2.45, 2.75) is 6.92 Å². The average Bonchev–Trinajstić information content (AvgIpc) is 3.16. The Morgan fingerprint density at radius 3 is 2.80 bits per heavy atom. The fourth-order valence-corrected chi connectivity index (χ4v) is 3.17. The van der Waals surface area contributed by atoms with Gasteiger partial charge in [0.15, 0.2) is 5.76 Å². The van der Waals surface area contributed by atoms with Gasteiger partial charge in [-0.2, -0.15) is 5.10 Å². The lowest BCUT2D eigenvalue weighted by molar-refractivity contribution is -0.402. The van der Waals surface area contributed by atoms with Crippen molar-refractivity contribution in [2.24, 2.45) is 10.1 Å². The lowest BCUT2D eigenvalue weighted by atomic mass is 10.3. The molecule has 0 aliphatic heterocycles. The van der Waals surface area contributed by atoms with Crippen LogP contribution >= 0.6 is 34.5 Å². The Labute approximate surface area is 155 Å². The van der Waals surface area contributed by atoms with Crippen molar-refractivity contribution in [1.29, 1.82) is 0 Å². The summed E-state index contributed by atoms with van der Waals surface area (Å²) in [6.45, 7) is 1.86. The molecule has 1 aromatic carbocycles. The number of hydrogen-bond donors (Lipinski definition) is 0. The lowest BCUT2D eigenvalue weighted by Crippen LogP contribution is -2.11. The molecule has 0 unspecified atom stereocenters. The molecule has 7 nitrogen and oxygen atoms in total. The highest BCUT2D eigenvalue weighted by atomic mass is 35.5. The molecule has 10 heteroatoms. The number of aromatic nitrogens is 1. The second kappa shape index (κ2) is 7.22. The van der Waals surface area contributed by atoms with Gasteiger partial charge in [-0.05, 0) is 31.2 Å². The molecule has 25 heavy (non-hydrogen) atoms. The molecule has 2 heterocycles. The fourth-order valence-electron chi connectivity index (χ4n) is 1.90. The van der Waals surface area contributed by atoms with Crippen molar-refractivity contribution in [3.63, 3.8) is 0 Å². The lowest BCUT2D eigenvalue weighted by Gasteiger charge is -1.99. The number of thiazole rings is 1. The Morgan fingerprint density at radius 2 is 2.12 bits per heavy atom. The Morgan fingerprint density at radius 1 is 1.32 bits per heavy atom. The van der Waals surface area contributed by atoms with E-state index in [0.29, 0.717) is 20.5 Å². The average molecular weight is 397 g/mol. The zero-order valence-corrected chi connectivity index (χ0v) is 15.0. The molecule has 0 saturated heterocycles. The van der Waals surface area contributed by atoms with E-state index in [4.69, 9.17) is 27.6 Å². The van der Waals surface area contributed by atoms with Crippen LogP contribution in [0.15, 0.2) is 50.2 Å². The number of rotatable bonds is 4. The van der Waals surface area contributed by atoms with Crippen LogP contribution in [0.1, 0.15) is 11.5 Å². The van der Waals surface area contributed by atoms with E-state index in [1.54, 1.807) is 22.9 Å². The third-order valence-corrected chi connectivity index (χ3v) is 4.54. The van der Waals surface area contributed by atoms with E-state index in [-0.39, 0.29) is 11.6 Å². The summed E-state index contributed by atoms with van der Waals surface area (Å²) in [6, 6.07) is 7.76.